The minimum Gasteiger partial charge on any atom is -0.472 e. The van der Waals surface area contributed by atoms with Crippen LogP contribution in [0.4, 0.5) is 0 Å². The molecule has 80 valence electrons. The highest BCUT2D eigenvalue weighted by Gasteiger charge is 2.14. The quantitative estimate of drug-likeness (QED) is 0.773. The van der Waals surface area contributed by atoms with Gasteiger partial charge in [0, 0.05) is 0 Å². The summed E-state index contributed by atoms with van der Waals surface area (Å²) in [4.78, 5) is 0. The van der Waals surface area contributed by atoms with Gasteiger partial charge in [0.1, 0.15) is 0 Å². The third-order valence-corrected chi connectivity index (χ3v) is 2.26. The van der Waals surface area contributed by atoms with Crippen LogP contribution in [0.15, 0.2) is 29.2 Å². The summed E-state index contributed by atoms with van der Waals surface area (Å²) >= 11 is 0. The topological polar surface area (TPSA) is 66.7 Å². The summed E-state index contributed by atoms with van der Waals surface area (Å²) in [7, 11) is 0. The van der Waals surface area contributed by atoms with Gasteiger partial charge in [-0.15, -0.1) is 0 Å². The zero-order valence-corrected chi connectivity index (χ0v) is 8.60. The van der Waals surface area contributed by atoms with E-state index in [2.05, 4.69) is 27.7 Å². The van der Waals surface area contributed by atoms with Crippen molar-refractivity contribution in [2.75, 3.05) is 6.54 Å². The van der Waals surface area contributed by atoms with Crippen molar-refractivity contribution >= 4 is 0 Å². The van der Waals surface area contributed by atoms with Crippen LogP contribution in [0.1, 0.15) is 24.2 Å². The molecule has 0 saturated heterocycles. The van der Waals surface area contributed by atoms with Crippen molar-refractivity contribution < 1.29 is 4.42 Å². The number of rotatable bonds is 5. The van der Waals surface area contributed by atoms with E-state index in [1.165, 1.54) is 0 Å². The molecule has 1 unspecified atom stereocenters. The summed E-state index contributed by atoms with van der Waals surface area (Å²) in [5.41, 5.74) is 2.09. The Morgan fingerprint density at radius 1 is 1.60 bits per heavy atom. The number of nitrogens with zero attached hydrogens (tertiary/aromatic N) is 2. The molecule has 2 aromatic heterocycles. The molecule has 0 radical (unpaired) electrons. The molecule has 15 heavy (non-hydrogen) atoms. The fraction of sp³-hybridized carbons (Fsp3) is 0.400. The smallest absolute Gasteiger partial charge is 0.0997 e. The van der Waals surface area contributed by atoms with Gasteiger partial charge in [0.05, 0.1) is 30.5 Å². The third kappa shape index (κ3) is 2.44. The Bertz CT molecular complexity index is 368. The Morgan fingerprint density at radius 2 is 2.53 bits per heavy atom. The number of H-pyrrole nitrogens is 1. The number of hydrogen-bond acceptors (Lipinski definition) is 4. The first-order chi connectivity index (χ1) is 7.40. The minimum atomic E-state index is 0.186. The van der Waals surface area contributed by atoms with Gasteiger partial charge in [0.2, 0.25) is 0 Å². The highest BCUT2D eigenvalue weighted by Crippen LogP contribution is 2.15. The van der Waals surface area contributed by atoms with Crippen LogP contribution < -0.4 is 5.32 Å². The van der Waals surface area contributed by atoms with Crippen molar-refractivity contribution in [2.24, 2.45) is 0 Å². The monoisotopic (exact) mass is 206 g/mol. The summed E-state index contributed by atoms with van der Waals surface area (Å²) < 4.78 is 5.04. The zero-order chi connectivity index (χ0) is 10.5. The lowest BCUT2D eigenvalue weighted by atomic mass is 10.1. The Kier molecular flexibility index (Phi) is 3.14. The highest BCUT2D eigenvalue weighted by atomic mass is 16.3. The van der Waals surface area contributed by atoms with E-state index in [0.29, 0.717) is 0 Å². The summed E-state index contributed by atoms with van der Waals surface area (Å²) in [5, 5.41) is 13.9. The molecule has 2 aromatic rings. The lowest BCUT2D eigenvalue weighted by Crippen LogP contribution is -2.23. The van der Waals surface area contributed by atoms with E-state index < -0.39 is 0 Å². The van der Waals surface area contributed by atoms with Gasteiger partial charge in [-0.2, -0.15) is 15.4 Å². The van der Waals surface area contributed by atoms with Crippen molar-refractivity contribution in [3.63, 3.8) is 0 Å². The standard InChI is InChI=1S/C10H14N4O/c1-2-11-9(10-6-12-14-13-10)5-8-3-4-15-7-8/h3-4,6-7,9,11H,2,5H2,1H3,(H,12,13,14). The van der Waals surface area contributed by atoms with E-state index in [0.717, 1.165) is 24.2 Å². The van der Waals surface area contributed by atoms with Gasteiger partial charge in [-0.05, 0) is 24.6 Å². The van der Waals surface area contributed by atoms with E-state index in [1.807, 2.05) is 6.07 Å². The Morgan fingerprint density at radius 3 is 3.13 bits per heavy atom. The SMILES string of the molecule is CCNC(Cc1ccoc1)c1cn[nH]n1. The Balaban J connectivity index is 2.07. The van der Waals surface area contributed by atoms with Gasteiger partial charge < -0.3 is 9.73 Å². The maximum Gasteiger partial charge on any atom is 0.0997 e. The lowest BCUT2D eigenvalue weighted by Gasteiger charge is -2.13. The molecule has 0 aromatic carbocycles. The molecular weight excluding hydrogens is 192 g/mol. The number of aromatic amines is 1. The van der Waals surface area contributed by atoms with Gasteiger partial charge >= 0.3 is 0 Å². The van der Waals surface area contributed by atoms with Crippen LogP contribution in [0.3, 0.4) is 0 Å². The van der Waals surface area contributed by atoms with E-state index in [9.17, 15) is 0 Å². The summed E-state index contributed by atoms with van der Waals surface area (Å²) in [6.07, 6.45) is 6.04. The van der Waals surface area contributed by atoms with Gasteiger partial charge in [0.15, 0.2) is 0 Å². The second-order valence-electron chi connectivity index (χ2n) is 3.34. The molecule has 0 bridgehead atoms. The minimum absolute atomic E-state index is 0.186. The highest BCUT2D eigenvalue weighted by molar-refractivity contribution is 5.12. The number of aromatic nitrogens is 3. The number of furan rings is 1. The van der Waals surface area contributed by atoms with E-state index >= 15 is 0 Å². The molecule has 0 aliphatic rings. The fourth-order valence-corrected chi connectivity index (χ4v) is 1.55. The van der Waals surface area contributed by atoms with Crippen molar-refractivity contribution in [3.05, 3.63) is 36.0 Å². The maximum absolute atomic E-state index is 5.04. The molecule has 5 nitrogen and oxygen atoms in total. The summed E-state index contributed by atoms with van der Waals surface area (Å²) in [6.45, 7) is 2.97. The second kappa shape index (κ2) is 4.75. The third-order valence-electron chi connectivity index (χ3n) is 2.26. The maximum atomic E-state index is 5.04. The largest absolute Gasteiger partial charge is 0.472 e. The van der Waals surface area contributed by atoms with Gasteiger partial charge in [-0.25, -0.2) is 0 Å². The summed E-state index contributed by atoms with van der Waals surface area (Å²) in [5.74, 6) is 0. The first-order valence-electron chi connectivity index (χ1n) is 5.00. The molecule has 2 heterocycles. The van der Waals surface area contributed by atoms with Gasteiger partial charge in [-0.3, -0.25) is 0 Å². The number of likely N-dealkylation sites (N-methyl/N-ethyl adjacent to an activating group) is 1. The Labute approximate surface area is 87.9 Å². The van der Waals surface area contributed by atoms with Crippen LogP contribution in [0, 0.1) is 0 Å². The molecule has 2 rings (SSSR count). The van der Waals surface area contributed by atoms with Crippen molar-refractivity contribution in [1.29, 1.82) is 0 Å². The zero-order valence-electron chi connectivity index (χ0n) is 8.60. The lowest BCUT2D eigenvalue weighted by molar-refractivity contribution is 0.525. The van der Waals surface area contributed by atoms with Crippen LogP contribution >= 0.6 is 0 Å². The van der Waals surface area contributed by atoms with Crippen LogP contribution in [0.2, 0.25) is 0 Å². The van der Waals surface area contributed by atoms with Crippen LogP contribution in [0.25, 0.3) is 0 Å². The van der Waals surface area contributed by atoms with E-state index in [4.69, 9.17) is 4.42 Å². The van der Waals surface area contributed by atoms with Crippen LogP contribution in [-0.2, 0) is 6.42 Å². The van der Waals surface area contributed by atoms with E-state index in [1.54, 1.807) is 18.7 Å². The van der Waals surface area contributed by atoms with E-state index in [-0.39, 0.29) is 6.04 Å². The fourth-order valence-electron chi connectivity index (χ4n) is 1.55. The molecule has 1 atom stereocenters. The molecule has 0 amide bonds. The first-order valence-corrected chi connectivity index (χ1v) is 5.00. The molecule has 0 fully saturated rings. The second-order valence-corrected chi connectivity index (χ2v) is 3.34. The predicted molar refractivity (Wildman–Crippen MR) is 55.2 cm³/mol. The number of nitrogens with one attached hydrogen (secondary N) is 2. The van der Waals surface area contributed by atoms with Crippen molar-refractivity contribution in [3.8, 4) is 0 Å². The van der Waals surface area contributed by atoms with Crippen LogP contribution in [0.5, 0.6) is 0 Å². The summed E-state index contributed by atoms with van der Waals surface area (Å²) in [6, 6.07) is 2.15. The number of hydrogen-bond donors (Lipinski definition) is 2. The molecule has 0 aliphatic carbocycles. The van der Waals surface area contributed by atoms with Gasteiger partial charge in [0.25, 0.3) is 0 Å². The normalized spacial score (nSPS) is 12.9. The predicted octanol–water partition coefficient (Wildman–Crippen LogP) is 1.29. The molecule has 5 heteroatoms. The molecule has 0 saturated carbocycles. The molecule has 2 N–H and O–H groups in total. The van der Waals surface area contributed by atoms with Crippen molar-refractivity contribution in [2.45, 2.75) is 19.4 Å². The molecular formula is C10H14N4O. The average Bonchev–Trinajstić information content (AvgIpc) is 2.89. The first kappa shape index (κ1) is 9.92. The van der Waals surface area contributed by atoms with Crippen LogP contribution in [-0.4, -0.2) is 22.0 Å². The molecule has 0 aliphatic heterocycles. The van der Waals surface area contributed by atoms with Gasteiger partial charge in [-0.1, -0.05) is 6.92 Å². The molecule has 0 spiro atoms. The average molecular weight is 206 g/mol. The Hall–Kier alpha value is -1.62. The van der Waals surface area contributed by atoms with Crippen molar-refractivity contribution in [1.82, 2.24) is 20.7 Å².